The number of ether oxygens (including phenoxy) is 4. The molecule has 6 saturated carbocycles. The van der Waals surface area contributed by atoms with Gasteiger partial charge in [0.15, 0.2) is 51.5 Å². The molecule has 13 nitrogen and oxygen atoms in total. The highest BCUT2D eigenvalue weighted by molar-refractivity contribution is 6.31. The highest BCUT2D eigenvalue weighted by Crippen LogP contribution is 2.74. The first-order valence-electron chi connectivity index (χ1n) is 22.5. The maximum absolute atomic E-state index is 17.2. The number of ketones is 4. The summed E-state index contributed by atoms with van der Waals surface area (Å²) in [5, 5.41) is 34.8. The van der Waals surface area contributed by atoms with E-state index >= 15 is 8.78 Å². The molecule has 16 atom stereocenters. The zero-order valence-electron chi connectivity index (χ0n) is 37.4. The summed E-state index contributed by atoms with van der Waals surface area (Å²) in [4.78, 5) is 50.5. The Morgan fingerprint density at radius 3 is 1.57 bits per heavy atom. The van der Waals surface area contributed by atoms with Gasteiger partial charge in [-0.25, -0.2) is 8.78 Å². The normalized spacial score (nSPS) is 51.6. The maximum Gasteiger partial charge on any atom is 0.212 e. The molecule has 0 bridgehead atoms. The van der Waals surface area contributed by atoms with Gasteiger partial charge in [-0.05, 0) is 129 Å². The number of allylic oxidation sites excluding steroid dienone is 8. The van der Waals surface area contributed by atoms with E-state index in [2.05, 4.69) is 5.16 Å². The predicted octanol–water partition coefficient (Wildman–Crippen LogP) is 5.27. The number of alkyl halides is 2. The number of carbonyl (C=O) groups is 4. The molecule has 2 aliphatic heterocycles. The van der Waals surface area contributed by atoms with Crippen molar-refractivity contribution in [1.29, 1.82) is 0 Å². The average molecular weight is 881 g/mol. The van der Waals surface area contributed by atoms with Crippen LogP contribution in [0.3, 0.4) is 0 Å². The Bertz CT molecular complexity index is 2220. The van der Waals surface area contributed by atoms with Crippen LogP contribution in [0.5, 0.6) is 0 Å². The number of halogens is 2. The van der Waals surface area contributed by atoms with Crippen LogP contribution in [0.15, 0.2) is 52.8 Å². The lowest BCUT2D eigenvalue weighted by Crippen LogP contribution is -2.70. The van der Waals surface area contributed by atoms with Crippen LogP contribution in [0.2, 0.25) is 0 Å². The Balaban J connectivity index is 0.000000160. The zero-order valence-corrected chi connectivity index (χ0v) is 37.4. The van der Waals surface area contributed by atoms with Crippen LogP contribution >= 0.6 is 0 Å². The molecule has 10 aliphatic rings. The van der Waals surface area contributed by atoms with Gasteiger partial charge in [0.2, 0.25) is 5.78 Å². The van der Waals surface area contributed by atoms with Gasteiger partial charge in [-0.1, -0.05) is 42.3 Å². The van der Waals surface area contributed by atoms with Crippen LogP contribution in [0.25, 0.3) is 0 Å². The van der Waals surface area contributed by atoms with Gasteiger partial charge in [-0.15, -0.1) is 0 Å². The highest BCUT2D eigenvalue weighted by atomic mass is 19.1. The summed E-state index contributed by atoms with van der Waals surface area (Å²) in [6.07, 6.45) is 8.98. The number of oxime groups is 1. The van der Waals surface area contributed by atoms with Crippen molar-refractivity contribution in [2.45, 2.75) is 165 Å². The third-order valence-corrected chi connectivity index (χ3v) is 18.4. The Morgan fingerprint density at radius 1 is 0.730 bits per heavy atom. The number of aliphatic hydroxyl groups is 2. The van der Waals surface area contributed by atoms with Gasteiger partial charge in [0, 0.05) is 33.5 Å². The predicted molar refractivity (Wildman–Crippen MR) is 222 cm³/mol. The second kappa shape index (κ2) is 13.6. The molecular formula is C48H62F2N2O11. The molecule has 2 saturated heterocycles. The molecule has 0 amide bonds. The molecule has 10 rings (SSSR count). The molecular weight excluding hydrogens is 819 g/mol. The van der Waals surface area contributed by atoms with Crippen LogP contribution in [-0.4, -0.2) is 110 Å². The van der Waals surface area contributed by atoms with E-state index in [4.69, 9.17) is 29.9 Å². The summed E-state index contributed by atoms with van der Waals surface area (Å²) in [5.41, 5.74) is -3.38. The first kappa shape index (κ1) is 44.9. The summed E-state index contributed by atoms with van der Waals surface area (Å²) in [7, 11) is 0. The molecule has 8 fully saturated rings. The third-order valence-electron chi connectivity index (χ3n) is 18.4. The fraction of sp³-hybridized carbons (Fsp3) is 0.729. The average Bonchev–Trinajstić information content (AvgIpc) is 3.81. The Labute approximate surface area is 366 Å². The largest absolute Gasteiger partial charge is 0.411 e. The van der Waals surface area contributed by atoms with Crippen LogP contribution < -0.4 is 5.73 Å². The molecule has 8 unspecified atom stereocenters. The molecule has 5 N–H and O–H groups in total. The molecule has 0 aromatic rings. The SMILES string of the molecule is CC1(C)O[C@@H]2CC3C4CCC5=CC(=O)C=CC5(C)[C@@]4(F)[C@@H](O)CC3(C)[C@]2(C(=O)C=NO)O1.CC1(C)O[C@@H]2CC3C4CCC5=CC(=O)C=CC5(C)[C@@]4(F)[C@@H](O)CC3(C)[C@]2(C(=O)CN)O1. The van der Waals surface area contributed by atoms with E-state index in [-0.39, 0.29) is 48.6 Å². The smallest absolute Gasteiger partial charge is 0.212 e. The number of nitrogens with two attached hydrogens (primary N) is 1. The minimum atomic E-state index is -2.00. The molecule has 15 heteroatoms. The van der Waals surface area contributed by atoms with E-state index < -0.39 is 97.8 Å². The van der Waals surface area contributed by atoms with Gasteiger partial charge in [0.25, 0.3) is 0 Å². The maximum atomic E-state index is 17.2. The van der Waals surface area contributed by atoms with Gasteiger partial charge in [0.05, 0.1) is 31.0 Å². The molecule has 0 aromatic heterocycles. The summed E-state index contributed by atoms with van der Waals surface area (Å²) in [6, 6.07) is 0. The molecule has 0 spiro atoms. The van der Waals surface area contributed by atoms with E-state index in [9.17, 15) is 29.4 Å². The quantitative estimate of drug-likeness (QED) is 0.162. The molecule has 63 heavy (non-hydrogen) atoms. The van der Waals surface area contributed by atoms with E-state index in [0.29, 0.717) is 44.1 Å². The molecule has 344 valence electrons. The lowest BCUT2D eigenvalue weighted by molar-refractivity contribution is -0.245. The topological polar surface area (TPSA) is 204 Å². The molecule has 0 aromatic carbocycles. The number of rotatable bonds is 4. The summed E-state index contributed by atoms with van der Waals surface area (Å²) in [6.45, 7) is 14.1. The molecule has 0 radical (unpaired) electrons. The van der Waals surface area contributed by atoms with Gasteiger partial charge in [-0.3, -0.25) is 19.2 Å². The van der Waals surface area contributed by atoms with Crippen LogP contribution in [-0.2, 0) is 38.1 Å². The van der Waals surface area contributed by atoms with Gasteiger partial charge in [0.1, 0.15) is 6.21 Å². The fourth-order valence-corrected chi connectivity index (χ4v) is 15.9. The first-order valence-corrected chi connectivity index (χ1v) is 22.5. The van der Waals surface area contributed by atoms with E-state index in [0.717, 1.165) is 11.8 Å². The summed E-state index contributed by atoms with van der Waals surface area (Å²) >= 11 is 0. The lowest BCUT2D eigenvalue weighted by Gasteiger charge is -2.62. The standard InChI is InChI=1S/C24H30FNO6.C24H32FNO5/c1-20(2)31-19-10-16-15-6-5-13-9-14(27)7-8-21(13,3)23(15,25)17(28)11-22(16,4)24(19,32-20)18(29)12-26-30;1-20(2)30-19-10-16-15-6-5-13-9-14(27)7-8-21(13,3)23(15,25)17(28)11-22(16,4)24(19,31-20)18(29)12-26/h7-9,12,15-17,19,28,30H,5-6,10-11H2,1-4H3;7-9,15-17,19,28H,5-6,10-12,26H2,1-4H3/t2*15?,16?,17-,19+,21?,22?,23-,24+/m00/s1. The number of Topliss-reactive ketones (excluding diaryl/α,β-unsaturated/α-hetero) is 2. The van der Waals surface area contributed by atoms with E-state index in [1.54, 1.807) is 53.7 Å². The molecule has 2 heterocycles. The van der Waals surface area contributed by atoms with Crippen molar-refractivity contribution in [2.24, 2.45) is 56.2 Å². The van der Waals surface area contributed by atoms with Crippen molar-refractivity contribution < 1.29 is 62.3 Å². The van der Waals surface area contributed by atoms with E-state index in [1.165, 1.54) is 24.3 Å². The number of hydrogen-bond acceptors (Lipinski definition) is 13. The number of carbonyl (C=O) groups excluding carboxylic acids is 4. The van der Waals surface area contributed by atoms with Crippen molar-refractivity contribution in [3.05, 3.63) is 47.6 Å². The summed E-state index contributed by atoms with van der Waals surface area (Å²) < 4.78 is 59.3. The lowest BCUT2D eigenvalue weighted by atomic mass is 9.44. The number of fused-ring (bicyclic) bond motifs is 14. The van der Waals surface area contributed by atoms with Crippen molar-refractivity contribution >= 4 is 29.3 Å². The van der Waals surface area contributed by atoms with E-state index in [1.807, 2.05) is 13.8 Å². The highest BCUT2D eigenvalue weighted by Gasteiger charge is 2.82. The Hall–Kier alpha value is -3.31. The van der Waals surface area contributed by atoms with Gasteiger partial charge < -0.3 is 40.1 Å². The van der Waals surface area contributed by atoms with Gasteiger partial charge >= 0.3 is 0 Å². The second-order valence-corrected chi connectivity index (χ2v) is 21.9. The monoisotopic (exact) mass is 880 g/mol. The fourth-order valence-electron chi connectivity index (χ4n) is 15.9. The minimum Gasteiger partial charge on any atom is -0.411 e. The van der Waals surface area contributed by atoms with Crippen molar-refractivity contribution in [1.82, 2.24) is 0 Å². The zero-order chi connectivity index (χ0) is 45.9. The molecule has 8 aliphatic carbocycles. The third kappa shape index (κ3) is 5.35. The number of hydrogen-bond donors (Lipinski definition) is 4. The van der Waals surface area contributed by atoms with Gasteiger partial charge in [-0.2, -0.15) is 0 Å². The van der Waals surface area contributed by atoms with Crippen LogP contribution in [0, 0.1) is 45.3 Å². The second-order valence-electron chi connectivity index (χ2n) is 21.9. The van der Waals surface area contributed by atoms with Crippen molar-refractivity contribution in [3.63, 3.8) is 0 Å². The first-order chi connectivity index (χ1) is 29.2. The Kier molecular flexibility index (Phi) is 9.71. The number of aliphatic hydroxyl groups excluding tert-OH is 2. The van der Waals surface area contributed by atoms with Crippen molar-refractivity contribution in [3.8, 4) is 0 Å². The summed E-state index contributed by atoms with van der Waals surface area (Å²) in [5.74, 6) is -4.69. The number of nitrogens with zero attached hydrogens (tertiary/aromatic N) is 1. The van der Waals surface area contributed by atoms with Crippen LogP contribution in [0.4, 0.5) is 8.78 Å². The Morgan fingerprint density at radius 2 is 1.14 bits per heavy atom. The van der Waals surface area contributed by atoms with Crippen LogP contribution in [0.1, 0.15) is 107 Å². The van der Waals surface area contributed by atoms with Crippen molar-refractivity contribution in [2.75, 3.05) is 6.54 Å². The minimum absolute atomic E-state index is 0.0176.